The first kappa shape index (κ1) is 17.8. The quantitative estimate of drug-likeness (QED) is 0.762. The number of carbonyl (C=O) groups is 1. The molecule has 0 aromatic heterocycles. The second-order valence-electron chi connectivity index (χ2n) is 4.85. The van der Waals surface area contributed by atoms with Gasteiger partial charge in [0.2, 0.25) is 5.91 Å². The van der Waals surface area contributed by atoms with Crippen molar-refractivity contribution in [2.75, 3.05) is 12.9 Å². The van der Waals surface area contributed by atoms with Crippen LogP contribution >= 0.6 is 27.7 Å². The number of nitrogens with one attached hydrogen (secondary N) is 1. The molecule has 2 rings (SSSR count). The largest absolute Gasteiger partial charge is 0.496 e. The number of halogens is 2. The lowest BCUT2D eigenvalue weighted by molar-refractivity contribution is -0.118. The Morgan fingerprint density at radius 3 is 2.70 bits per heavy atom. The van der Waals surface area contributed by atoms with Gasteiger partial charge in [0.15, 0.2) is 0 Å². The molecule has 0 bridgehead atoms. The van der Waals surface area contributed by atoms with Gasteiger partial charge in [-0.15, -0.1) is 11.8 Å². The highest BCUT2D eigenvalue weighted by Crippen LogP contribution is 2.26. The molecule has 0 saturated carbocycles. The Morgan fingerprint density at radius 2 is 2.00 bits per heavy atom. The van der Waals surface area contributed by atoms with Crippen molar-refractivity contribution in [3.8, 4) is 5.75 Å². The Kier molecular flexibility index (Phi) is 6.92. The highest BCUT2D eigenvalue weighted by Gasteiger charge is 2.06. The summed E-state index contributed by atoms with van der Waals surface area (Å²) < 4.78 is 19.1. The van der Waals surface area contributed by atoms with E-state index in [1.165, 1.54) is 23.9 Å². The monoisotopic (exact) mass is 397 g/mol. The van der Waals surface area contributed by atoms with E-state index < -0.39 is 0 Å². The van der Waals surface area contributed by atoms with Crippen molar-refractivity contribution < 1.29 is 13.9 Å². The number of carbonyl (C=O) groups excluding carboxylic acids is 1. The number of ether oxygens (including phenoxy) is 1. The van der Waals surface area contributed by atoms with Gasteiger partial charge in [0.25, 0.3) is 0 Å². The molecule has 0 unspecified atom stereocenters. The fraction of sp³-hybridized carbons (Fsp3) is 0.235. The molecule has 0 aliphatic rings. The van der Waals surface area contributed by atoms with Gasteiger partial charge >= 0.3 is 0 Å². The summed E-state index contributed by atoms with van der Waals surface area (Å²) in [5.74, 6) is 1.53. The van der Waals surface area contributed by atoms with Crippen LogP contribution in [0.2, 0.25) is 0 Å². The molecule has 0 aliphatic carbocycles. The van der Waals surface area contributed by atoms with Gasteiger partial charge in [-0.25, -0.2) is 4.39 Å². The summed E-state index contributed by atoms with van der Waals surface area (Å²) in [7, 11) is 1.63. The molecule has 122 valence electrons. The van der Waals surface area contributed by atoms with Gasteiger partial charge < -0.3 is 10.1 Å². The maximum absolute atomic E-state index is 12.8. The van der Waals surface area contributed by atoms with E-state index in [4.69, 9.17) is 4.74 Å². The molecule has 0 saturated heterocycles. The zero-order valence-electron chi connectivity index (χ0n) is 12.6. The Hall–Kier alpha value is -1.53. The summed E-state index contributed by atoms with van der Waals surface area (Å²) in [5, 5.41) is 2.82. The van der Waals surface area contributed by atoms with E-state index >= 15 is 0 Å². The van der Waals surface area contributed by atoms with Gasteiger partial charge in [0.05, 0.1) is 12.9 Å². The Balaban J connectivity index is 1.76. The Morgan fingerprint density at radius 1 is 1.26 bits per heavy atom. The van der Waals surface area contributed by atoms with Crippen molar-refractivity contribution in [3.63, 3.8) is 0 Å². The molecule has 0 spiro atoms. The first-order chi connectivity index (χ1) is 11.1. The maximum Gasteiger partial charge on any atom is 0.230 e. The average molecular weight is 398 g/mol. The highest BCUT2D eigenvalue weighted by atomic mass is 79.9. The van der Waals surface area contributed by atoms with E-state index in [2.05, 4.69) is 21.2 Å². The lowest BCUT2D eigenvalue weighted by Gasteiger charge is -2.09. The molecular formula is C17H17BrFNO2S. The lowest BCUT2D eigenvalue weighted by atomic mass is 10.2. The normalized spacial score (nSPS) is 10.4. The van der Waals surface area contributed by atoms with E-state index in [-0.39, 0.29) is 11.7 Å². The smallest absolute Gasteiger partial charge is 0.230 e. The molecule has 2 aromatic carbocycles. The molecule has 0 radical (unpaired) electrons. The summed E-state index contributed by atoms with van der Waals surface area (Å²) in [5.41, 5.74) is 1.91. The van der Waals surface area contributed by atoms with Crippen LogP contribution in [0, 0.1) is 5.82 Å². The number of benzene rings is 2. The third kappa shape index (κ3) is 5.88. The minimum Gasteiger partial charge on any atom is -0.496 e. The van der Waals surface area contributed by atoms with Crippen LogP contribution in [-0.4, -0.2) is 18.8 Å². The van der Waals surface area contributed by atoms with Gasteiger partial charge in [-0.2, -0.15) is 0 Å². The summed E-state index contributed by atoms with van der Waals surface area (Å²) >= 11 is 4.95. The molecule has 0 fully saturated rings. The van der Waals surface area contributed by atoms with Crippen molar-refractivity contribution in [1.29, 1.82) is 0 Å². The standard InChI is InChI=1S/C17H17BrFNO2S/c1-22-16-7-4-14(18)8-13(16)10-23-11-17(21)20-9-12-2-5-15(19)6-3-12/h2-8H,9-11H2,1H3,(H,20,21). The summed E-state index contributed by atoms with van der Waals surface area (Å²) in [6.07, 6.45) is 0. The van der Waals surface area contributed by atoms with Crippen LogP contribution in [0.1, 0.15) is 11.1 Å². The Labute approximate surface area is 147 Å². The number of methoxy groups -OCH3 is 1. The summed E-state index contributed by atoms with van der Waals surface area (Å²) in [6, 6.07) is 11.9. The van der Waals surface area contributed by atoms with Crippen LogP contribution in [-0.2, 0) is 17.1 Å². The molecule has 2 aromatic rings. The van der Waals surface area contributed by atoms with Crippen molar-refractivity contribution >= 4 is 33.6 Å². The molecule has 0 atom stereocenters. The van der Waals surface area contributed by atoms with Crippen LogP contribution in [0.25, 0.3) is 0 Å². The number of thioether (sulfide) groups is 1. The second kappa shape index (κ2) is 8.93. The topological polar surface area (TPSA) is 38.3 Å². The van der Waals surface area contributed by atoms with Gasteiger partial charge in [0, 0.05) is 22.3 Å². The van der Waals surface area contributed by atoms with E-state index in [9.17, 15) is 9.18 Å². The molecule has 3 nitrogen and oxygen atoms in total. The Bertz CT molecular complexity index is 664. The third-order valence-electron chi connectivity index (χ3n) is 3.14. The molecule has 1 amide bonds. The zero-order chi connectivity index (χ0) is 16.7. The minimum atomic E-state index is -0.279. The molecule has 6 heteroatoms. The number of rotatable bonds is 7. The molecular weight excluding hydrogens is 381 g/mol. The van der Waals surface area contributed by atoms with Crippen LogP contribution in [0.5, 0.6) is 5.75 Å². The number of amides is 1. The first-order valence-corrected chi connectivity index (χ1v) is 8.94. The van der Waals surface area contributed by atoms with Crippen molar-refractivity contribution in [1.82, 2.24) is 5.32 Å². The minimum absolute atomic E-state index is 0.0479. The predicted molar refractivity (Wildman–Crippen MR) is 95.1 cm³/mol. The van der Waals surface area contributed by atoms with Crippen LogP contribution in [0.15, 0.2) is 46.9 Å². The van der Waals surface area contributed by atoms with E-state index in [1.807, 2.05) is 18.2 Å². The SMILES string of the molecule is COc1ccc(Br)cc1CSCC(=O)NCc1ccc(F)cc1. The van der Waals surface area contributed by atoms with Gasteiger partial charge in [-0.05, 0) is 35.9 Å². The van der Waals surface area contributed by atoms with Crippen LogP contribution < -0.4 is 10.1 Å². The van der Waals surface area contributed by atoms with Gasteiger partial charge in [-0.3, -0.25) is 4.79 Å². The zero-order valence-corrected chi connectivity index (χ0v) is 15.0. The fourth-order valence-corrected chi connectivity index (χ4v) is 3.21. The van der Waals surface area contributed by atoms with Crippen molar-refractivity contribution in [2.24, 2.45) is 0 Å². The molecule has 23 heavy (non-hydrogen) atoms. The van der Waals surface area contributed by atoms with E-state index in [1.54, 1.807) is 19.2 Å². The molecule has 0 aliphatic heterocycles. The maximum atomic E-state index is 12.8. The first-order valence-electron chi connectivity index (χ1n) is 7.00. The van der Waals surface area contributed by atoms with E-state index in [0.717, 1.165) is 21.3 Å². The predicted octanol–water partition coefficient (Wildman–Crippen LogP) is 4.15. The van der Waals surface area contributed by atoms with Crippen molar-refractivity contribution in [3.05, 3.63) is 63.9 Å². The van der Waals surface area contributed by atoms with Crippen LogP contribution in [0.4, 0.5) is 4.39 Å². The summed E-state index contributed by atoms with van der Waals surface area (Å²) in [4.78, 5) is 11.8. The second-order valence-corrected chi connectivity index (χ2v) is 6.75. The fourth-order valence-electron chi connectivity index (χ4n) is 1.97. The average Bonchev–Trinajstić information content (AvgIpc) is 2.54. The summed E-state index contributed by atoms with van der Waals surface area (Å²) in [6.45, 7) is 0.403. The van der Waals surface area contributed by atoms with Gasteiger partial charge in [0.1, 0.15) is 11.6 Å². The van der Waals surface area contributed by atoms with E-state index in [0.29, 0.717) is 18.1 Å². The molecule has 0 heterocycles. The number of hydrogen-bond donors (Lipinski definition) is 1. The number of hydrogen-bond acceptors (Lipinski definition) is 3. The van der Waals surface area contributed by atoms with Gasteiger partial charge in [-0.1, -0.05) is 28.1 Å². The lowest BCUT2D eigenvalue weighted by Crippen LogP contribution is -2.24. The van der Waals surface area contributed by atoms with Crippen LogP contribution in [0.3, 0.4) is 0 Å². The van der Waals surface area contributed by atoms with Crippen molar-refractivity contribution in [2.45, 2.75) is 12.3 Å². The highest BCUT2D eigenvalue weighted by molar-refractivity contribution is 9.10. The third-order valence-corrected chi connectivity index (χ3v) is 4.61. The molecule has 1 N–H and O–H groups in total.